The fraction of sp³-hybridized carbons (Fsp3) is 0.400. The zero-order valence-corrected chi connectivity index (χ0v) is 9.29. The number of imidazole rings is 1. The van der Waals surface area contributed by atoms with Crippen LogP contribution < -0.4 is 5.32 Å². The summed E-state index contributed by atoms with van der Waals surface area (Å²) in [5, 5.41) is 5.58. The molecule has 0 fully saturated rings. The molecule has 0 bridgehead atoms. The molecule has 15 heavy (non-hydrogen) atoms. The van der Waals surface area contributed by atoms with Crippen LogP contribution >= 0.6 is 11.3 Å². The summed E-state index contributed by atoms with van der Waals surface area (Å²) in [5.41, 5.74) is 5.44. The first-order chi connectivity index (χ1) is 7.36. The lowest BCUT2D eigenvalue weighted by Gasteiger charge is -2.23. The number of nitrogens with one attached hydrogen (secondary N) is 1. The molecular formula is C10H12N4S. The number of rotatable bonds is 1. The lowest BCUT2D eigenvalue weighted by atomic mass is 10.0. The van der Waals surface area contributed by atoms with Gasteiger partial charge in [0.05, 0.1) is 35.0 Å². The summed E-state index contributed by atoms with van der Waals surface area (Å²) in [6.07, 6.45) is 2.90. The summed E-state index contributed by atoms with van der Waals surface area (Å²) in [6, 6.07) is 0.215. The van der Waals surface area contributed by atoms with Crippen molar-refractivity contribution in [1.29, 1.82) is 0 Å². The highest BCUT2D eigenvalue weighted by Crippen LogP contribution is 2.27. The van der Waals surface area contributed by atoms with Gasteiger partial charge in [-0.1, -0.05) is 0 Å². The fourth-order valence-corrected chi connectivity index (χ4v) is 2.67. The van der Waals surface area contributed by atoms with E-state index in [1.54, 1.807) is 11.3 Å². The van der Waals surface area contributed by atoms with Crippen molar-refractivity contribution < 1.29 is 0 Å². The molecule has 2 aromatic heterocycles. The zero-order valence-electron chi connectivity index (χ0n) is 8.47. The van der Waals surface area contributed by atoms with Gasteiger partial charge in [0, 0.05) is 25.4 Å². The van der Waals surface area contributed by atoms with E-state index >= 15 is 0 Å². The molecule has 0 radical (unpaired) electrons. The molecule has 0 saturated carbocycles. The number of aromatic nitrogens is 3. The van der Waals surface area contributed by atoms with Crippen LogP contribution in [0.2, 0.25) is 0 Å². The van der Waals surface area contributed by atoms with Crippen molar-refractivity contribution in [1.82, 2.24) is 19.9 Å². The van der Waals surface area contributed by atoms with E-state index in [2.05, 4.69) is 25.2 Å². The maximum atomic E-state index is 4.42. The molecule has 3 rings (SSSR count). The molecule has 1 aliphatic heterocycles. The lowest BCUT2D eigenvalue weighted by Crippen LogP contribution is -2.32. The number of nitrogens with zero attached hydrogens (tertiary/aromatic N) is 3. The van der Waals surface area contributed by atoms with Gasteiger partial charge in [-0.25, -0.2) is 9.97 Å². The number of hydrogen-bond donors (Lipinski definition) is 1. The molecular weight excluding hydrogens is 208 g/mol. The van der Waals surface area contributed by atoms with Crippen LogP contribution in [0.5, 0.6) is 0 Å². The highest BCUT2D eigenvalue weighted by Gasteiger charge is 2.26. The Balaban J connectivity index is 2.09. The van der Waals surface area contributed by atoms with Crippen molar-refractivity contribution in [3.63, 3.8) is 0 Å². The standard InChI is InChI=1S/C10H12N4S/c1-14-5-12-7-2-3-11-9(10(7)14)8-4-15-6-13-8/h4-6,9,11H,2-3H2,1H3. The molecule has 0 amide bonds. The van der Waals surface area contributed by atoms with Crippen molar-refractivity contribution in [2.45, 2.75) is 12.5 Å². The minimum atomic E-state index is 0.215. The Kier molecular flexibility index (Phi) is 2.07. The minimum absolute atomic E-state index is 0.215. The molecule has 5 heteroatoms. The van der Waals surface area contributed by atoms with Gasteiger partial charge in [0.15, 0.2) is 0 Å². The molecule has 78 valence electrons. The Morgan fingerprint density at radius 1 is 1.53 bits per heavy atom. The van der Waals surface area contributed by atoms with Gasteiger partial charge in [-0.3, -0.25) is 0 Å². The van der Waals surface area contributed by atoms with E-state index in [4.69, 9.17) is 0 Å². The molecule has 1 atom stereocenters. The van der Waals surface area contributed by atoms with Crippen molar-refractivity contribution in [2.24, 2.45) is 7.05 Å². The van der Waals surface area contributed by atoms with Gasteiger partial charge in [0.2, 0.25) is 0 Å². The highest BCUT2D eigenvalue weighted by atomic mass is 32.1. The summed E-state index contributed by atoms with van der Waals surface area (Å²) in [4.78, 5) is 8.79. The first-order valence-corrected chi connectivity index (χ1v) is 5.92. The Morgan fingerprint density at radius 2 is 2.47 bits per heavy atom. The van der Waals surface area contributed by atoms with E-state index in [9.17, 15) is 0 Å². The quantitative estimate of drug-likeness (QED) is 0.783. The van der Waals surface area contributed by atoms with Crippen LogP contribution in [0.4, 0.5) is 0 Å². The monoisotopic (exact) mass is 220 g/mol. The van der Waals surface area contributed by atoms with E-state index in [-0.39, 0.29) is 6.04 Å². The van der Waals surface area contributed by atoms with E-state index in [1.807, 2.05) is 18.9 Å². The average Bonchev–Trinajstić information content (AvgIpc) is 2.88. The van der Waals surface area contributed by atoms with Crippen molar-refractivity contribution in [3.8, 4) is 0 Å². The number of aryl methyl sites for hydroxylation is 1. The smallest absolute Gasteiger partial charge is 0.0949 e. The number of fused-ring (bicyclic) bond motifs is 1. The highest BCUT2D eigenvalue weighted by molar-refractivity contribution is 7.07. The van der Waals surface area contributed by atoms with Gasteiger partial charge < -0.3 is 9.88 Å². The Morgan fingerprint density at radius 3 is 3.27 bits per heavy atom. The third-order valence-electron chi connectivity index (χ3n) is 2.79. The molecule has 1 aliphatic rings. The zero-order chi connectivity index (χ0) is 10.3. The van der Waals surface area contributed by atoms with E-state index in [0.29, 0.717) is 0 Å². The van der Waals surface area contributed by atoms with Crippen LogP contribution in [0.3, 0.4) is 0 Å². The second-order valence-electron chi connectivity index (χ2n) is 3.74. The summed E-state index contributed by atoms with van der Waals surface area (Å²) >= 11 is 1.64. The molecule has 1 N–H and O–H groups in total. The maximum Gasteiger partial charge on any atom is 0.0949 e. The largest absolute Gasteiger partial charge is 0.336 e. The van der Waals surface area contributed by atoms with Crippen LogP contribution in [-0.2, 0) is 13.5 Å². The first-order valence-electron chi connectivity index (χ1n) is 4.98. The summed E-state index contributed by atoms with van der Waals surface area (Å²) in [7, 11) is 2.04. The second-order valence-corrected chi connectivity index (χ2v) is 4.46. The van der Waals surface area contributed by atoms with E-state index in [1.165, 1.54) is 11.4 Å². The molecule has 1 unspecified atom stereocenters. The predicted octanol–water partition coefficient (Wildman–Crippen LogP) is 1.11. The van der Waals surface area contributed by atoms with Crippen LogP contribution in [0.25, 0.3) is 0 Å². The van der Waals surface area contributed by atoms with E-state index < -0.39 is 0 Å². The Hall–Kier alpha value is -1.20. The molecule has 2 aromatic rings. The van der Waals surface area contributed by atoms with Gasteiger partial charge in [-0.2, -0.15) is 0 Å². The summed E-state index contributed by atoms with van der Waals surface area (Å²) in [5.74, 6) is 0. The number of thiazole rings is 1. The molecule has 4 nitrogen and oxygen atoms in total. The third kappa shape index (κ3) is 1.39. The summed E-state index contributed by atoms with van der Waals surface area (Å²) in [6.45, 7) is 0.978. The SMILES string of the molecule is Cn1cnc2c1C(c1cscn1)NCC2. The summed E-state index contributed by atoms with van der Waals surface area (Å²) < 4.78 is 2.09. The normalized spacial score (nSPS) is 20.2. The van der Waals surface area contributed by atoms with Crippen LogP contribution in [0.15, 0.2) is 17.2 Å². The van der Waals surface area contributed by atoms with Gasteiger partial charge in [0.1, 0.15) is 0 Å². The van der Waals surface area contributed by atoms with E-state index in [0.717, 1.165) is 18.7 Å². The van der Waals surface area contributed by atoms with Crippen LogP contribution in [0, 0.1) is 0 Å². The Labute approximate surface area is 92.0 Å². The topological polar surface area (TPSA) is 42.7 Å². The molecule has 0 aliphatic carbocycles. The van der Waals surface area contributed by atoms with Gasteiger partial charge >= 0.3 is 0 Å². The minimum Gasteiger partial charge on any atom is -0.336 e. The molecule has 0 saturated heterocycles. The maximum absolute atomic E-state index is 4.42. The van der Waals surface area contributed by atoms with Gasteiger partial charge in [-0.05, 0) is 0 Å². The molecule has 0 aromatic carbocycles. The van der Waals surface area contributed by atoms with Crippen molar-refractivity contribution in [2.75, 3.05) is 6.54 Å². The van der Waals surface area contributed by atoms with Crippen molar-refractivity contribution in [3.05, 3.63) is 34.3 Å². The fourth-order valence-electron chi connectivity index (χ4n) is 2.09. The number of hydrogen-bond acceptors (Lipinski definition) is 4. The third-order valence-corrected chi connectivity index (χ3v) is 3.40. The average molecular weight is 220 g/mol. The van der Waals surface area contributed by atoms with Crippen molar-refractivity contribution >= 4 is 11.3 Å². The predicted molar refractivity (Wildman–Crippen MR) is 58.9 cm³/mol. The van der Waals surface area contributed by atoms with Gasteiger partial charge in [-0.15, -0.1) is 11.3 Å². The molecule has 0 spiro atoms. The molecule has 3 heterocycles. The van der Waals surface area contributed by atoms with Crippen LogP contribution in [0.1, 0.15) is 23.1 Å². The lowest BCUT2D eigenvalue weighted by molar-refractivity contribution is 0.528. The van der Waals surface area contributed by atoms with Crippen LogP contribution in [-0.4, -0.2) is 21.1 Å². The first kappa shape index (κ1) is 9.06. The second kappa shape index (κ2) is 3.43. The Bertz CT molecular complexity index is 460. The van der Waals surface area contributed by atoms with Gasteiger partial charge in [0.25, 0.3) is 0 Å².